The molecular weight excluding hydrogens is 422 g/mol. The third-order valence-corrected chi connectivity index (χ3v) is 4.43. The lowest BCUT2D eigenvalue weighted by molar-refractivity contribution is -0.118. The predicted molar refractivity (Wildman–Crippen MR) is 126 cm³/mol. The van der Waals surface area contributed by atoms with E-state index in [1.54, 1.807) is 54.6 Å². The first-order valence-electron chi connectivity index (χ1n) is 10.3. The molecule has 8 nitrogen and oxygen atoms in total. The zero-order chi connectivity index (χ0) is 23.5. The summed E-state index contributed by atoms with van der Waals surface area (Å²) in [6, 6.07) is 21.1. The summed E-state index contributed by atoms with van der Waals surface area (Å²) in [4.78, 5) is 24.6. The van der Waals surface area contributed by atoms with E-state index in [-0.39, 0.29) is 12.5 Å². The second-order valence-electron chi connectivity index (χ2n) is 6.74. The number of hydrazone groups is 1. The smallest absolute Gasteiger partial charge is 0.271 e. The molecule has 0 radical (unpaired) electrons. The highest BCUT2D eigenvalue weighted by atomic mass is 16.5. The Balaban J connectivity index is 1.60. The van der Waals surface area contributed by atoms with Crippen molar-refractivity contribution in [2.75, 3.05) is 25.6 Å². The summed E-state index contributed by atoms with van der Waals surface area (Å²) in [6.45, 7) is 2.12. The Morgan fingerprint density at radius 3 is 2.42 bits per heavy atom. The molecule has 0 aliphatic heterocycles. The van der Waals surface area contributed by atoms with Crippen LogP contribution in [-0.2, 0) is 4.79 Å². The number of carbonyl (C=O) groups is 2. The first-order chi connectivity index (χ1) is 16.1. The van der Waals surface area contributed by atoms with Crippen LogP contribution in [0.1, 0.15) is 22.8 Å². The molecule has 0 unspecified atom stereocenters. The van der Waals surface area contributed by atoms with E-state index >= 15 is 0 Å². The van der Waals surface area contributed by atoms with Crippen molar-refractivity contribution < 1.29 is 23.8 Å². The summed E-state index contributed by atoms with van der Waals surface area (Å²) in [7, 11) is 1.53. The molecule has 0 aliphatic carbocycles. The zero-order valence-corrected chi connectivity index (χ0v) is 18.4. The van der Waals surface area contributed by atoms with Gasteiger partial charge >= 0.3 is 0 Å². The molecule has 2 N–H and O–H groups in total. The number of nitrogens with zero attached hydrogens (tertiary/aromatic N) is 1. The van der Waals surface area contributed by atoms with Crippen LogP contribution >= 0.6 is 0 Å². The molecule has 0 bridgehead atoms. The maximum atomic E-state index is 12.5. The van der Waals surface area contributed by atoms with Crippen LogP contribution < -0.4 is 25.0 Å². The molecule has 3 aromatic rings. The lowest BCUT2D eigenvalue weighted by Gasteiger charge is -2.10. The largest absolute Gasteiger partial charge is 0.493 e. The van der Waals surface area contributed by atoms with Crippen LogP contribution in [0.15, 0.2) is 77.9 Å². The number of nitrogens with one attached hydrogen (secondary N) is 2. The van der Waals surface area contributed by atoms with Crippen LogP contribution in [-0.4, -0.2) is 38.4 Å². The molecule has 0 saturated heterocycles. The summed E-state index contributed by atoms with van der Waals surface area (Å²) in [5.41, 5.74) is 4.15. The van der Waals surface area contributed by atoms with E-state index in [0.717, 1.165) is 0 Å². The Morgan fingerprint density at radius 1 is 0.909 bits per heavy atom. The number of para-hydroxylation sites is 2. The Morgan fingerprint density at radius 2 is 1.67 bits per heavy atom. The number of methoxy groups -OCH3 is 1. The molecular formula is C25H25N3O5. The minimum absolute atomic E-state index is 0.168. The third kappa shape index (κ3) is 6.83. The van der Waals surface area contributed by atoms with E-state index in [0.29, 0.717) is 40.7 Å². The van der Waals surface area contributed by atoms with E-state index in [9.17, 15) is 9.59 Å². The van der Waals surface area contributed by atoms with E-state index in [1.165, 1.54) is 13.3 Å². The SMILES string of the molecule is CCOc1cc(C(=O)N/N=C/c2ccccc2OCC(=O)Nc2ccccc2)ccc1OC. The van der Waals surface area contributed by atoms with Crippen molar-refractivity contribution in [3.05, 3.63) is 83.9 Å². The summed E-state index contributed by atoms with van der Waals surface area (Å²) < 4.78 is 16.4. The van der Waals surface area contributed by atoms with E-state index in [4.69, 9.17) is 14.2 Å². The molecule has 0 saturated carbocycles. The fraction of sp³-hybridized carbons (Fsp3) is 0.160. The Bertz CT molecular complexity index is 1120. The van der Waals surface area contributed by atoms with E-state index in [2.05, 4.69) is 15.8 Å². The van der Waals surface area contributed by atoms with Gasteiger partial charge in [-0.1, -0.05) is 30.3 Å². The second kappa shape index (κ2) is 11.9. The summed E-state index contributed by atoms with van der Waals surface area (Å²) in [5, 5.41) is 6.77. The van der Waals surface area contributed by atoms with Gasteiger partial charge in [0.2, 0.25) is 0 Å². The van der Waals surface area contributed by atoms with Crippen molar-refractivity contribution in [3.63, 3.8) is 0 Å². The van der Waals surface area contributed by atoms with Crippen molar-refractivity contribution in [3.8, 4) is 17.2 Å². The van der Waals surface area contributed by atoms with Gasteiger partial charge in [0, 0.05) is 16.8 Å². The average molecular weight is 447 g/mol. The van der Waals surface area contributed by atoms with Crippen molar-refractivity contribution in [2.24, 2.45) is 5.10 Å². The van der Waals surface area contributed by atoms with Crippen LogP contribution in [0.4, 0.5) is 5.69 Å². The maximum absolute atomic E-state index is 12.5. The van der Waals surface area contributed by atoms with Crippen LogP contribution in [0.5, 0.6) is 17.2 Å². The van der Waals surface area contributed by atoms with E-state index < -0.39 is 5.91 Å². The molecule has 33 heavy (non-hydrogen) atoms. The number of amides is 2. The van der Waals surface area contributed by atoms with Gasteiger partial charge in [0.15, 0.2) is 18.1 Å². The van der Waals surface area contributed by atoms with Gasteiger partial charge in [-0.3, -0.25) is 9.59 Å². The van der Waals surface area contributed by atoms with Crippen LogP contribution in [0, 0.1) is 0 Å². The first kappa shape index (κ1) is 23.3. The Hall–Kier alpha value is -4.33. The van der Waals surface area contributed by atoms with Crippen molar-refractivity contribution >= 4 is 23.7 Å². The third-order valence-electron chi connectivity index (χ3n) is 4.43. The molecule has 0 spiro atoms. The summed E-state index contributed by atoms with van der Waals surface area (Å²) >= 11 is 0. The summed E-state index contributed by atoms with van der Waals surface area (Å²) in [5.74, 6) is 0.784. The van der Waals surface area contributed by atoms with Crippen LogP contribution in [0.3, 0.4) is 0 Å². The highest BCUT2D eigenvalue weighted by Gasteiger charge is 2.11. The maximum Gasteiger partial charge on any atom is 0.271 e. The van der Waals surface area contributed by atoms with Crippen molar-refractivity contribution in [1.82, 2.24) is 5.43 Å². The molecule has 3 aromatic carbocycles. The molecule has 0 aliphatic rings. The van der Waals surface area contributed by atoms with Crippen molar-refractivity contribution in [2.45, 2.75) is 6.92 Å². The molecule has 8 heteroatoms. The predicted octanol–water partition coefficient (Wildman–Crippen LogP) is 3.88. The molecule has 0 heterocycles. The van der Waals surface area contributed by atoms with E-state index in [1.807, 2.05) is 25.1 Å². The molecule has 0 aromatic heterocycles. The number of carbonyl (C=O) groups excluding carboxylic acids is 2. The molecule has 170 valence electrons. The number of hydrogen-bond acceptors (Lipinski definition) is 6. The first-order valence-corrected chi connectivity index (χ1v) is 10.3. The fourth-order valence-corrected chi connectivity index (χ4v) is 2.89. The number of anilines is 1. The van der Waals surface area contributed by atoms with Gasteiger partial charge in [-0.05, 0) is 49.4 Å². The quantitative estimate of drug-likeness (QED) is 0.363. The lowest BCUT2D eigenvalue weighted by atomic mass is 10.2. The zero-order valence-electron chi connectivity index (χ0n) is 18.4. The standard InChI is InChI=1S/C25H25N3O5/c1-3-32-23-15-18(13-14-22(23)31-2)25(30)28-26-16-19-9-7-8-12-21(19)33-17-24(29)27-20-10-5-4-6-11-20/h4-16H,3,17H2,1-2H3,(H,27,29)(H,28,30)/b26-16+. The molecule has 0 fully saturated rings. The lowest BCUT2D eigenvalue weighted by Crippen LogP contribution is -2.20. The second-order valence-corrected chi connectivity index (χ2v) is 6.74. The number of benzene rings is 3. The molecule has 2 amide bonds. The Labute approximate surface area is 192 Å². The molecule has 3 rings (SSSR count). The topological polar surface area (TPSA) is 98.3 Å². The van der Waals surface area contributed by atoms with Crippen molar-refractivity contribution in [1.29, 1.82) is 0 Å². The normalized spacial score (nSPS) is 10.5. The van der Waals surface area contributed by atoms with Gasteiger partial charge in [0.25, 0.3) is 11.8 Å². The number of hydrogen-bond donors (Lipinski definition) is 2. The summed E-state index contributed by atoms with van der Waals surface area (Å²) in [6.07, 6.45) is 1.45. The van der Waals surface area contributed by atoms with Gasteiger partial charge in [-0.2, -0.15) is 5.10 Å². The van der Waals surface area contributed by atoms with Gasteiger partial charge in [0.1, 0.15) is 5.75 Å². The van der Waals surface area contributed by atoms with Gasteiger partial charge in [0.05, 0.1) is 19.9 Å². The van der Waals surface area contributed by atoms with Crippen LogP contribution in [0.2, 0.25) is 0 Å². The van der Waals surface area contributed by atoms with Gasteiger partial charge in [-0.25, -0.2) is 5.43 Å². The monoisotopic (exact) mass is 447 g/mol. The Kier molecular flexibility index (Phi) is 8.41. The highest BCUT2D eigenvalue weighted by molar-refractivity contribution is 5.96. The van der Waals surface area contributed by atoms with Gasteiger partial charge in [-0.15, -0.1) is 0 Å². The average Bonchev–Trinajstić information content (AvgIpc) is 2.84. The van der Waals surface area contributed by atoms with Gasteiger partial charge < -0.3 is 19.5 Å². The number of rotatable bonds is 10. The minimum Gasteiger partial charge on any atom is -0.493 e. The molecule has 0 atom stereocenters. The number of ether oxygens (including phenoxy) is 3. The highest BCUT2D eigenvalue weighted by Crippen LogP contribution is 2.28. The fourth-order valence-electron chi connectivity index (χ4n) is 2.89. The van der Waals surface area contributed by atoms with Crippen LogP contribution in [0.25, 0.3) is 0 Å². The minimum atomic E-state index is -0.407.